The van der Waals surface area contributed by atoms with Crippen molar-refractivity contribution in [3.8, 4) is 11.5 Å². The number of furan rings is 1. The van der Waals surface area contributed by atoms with Gasteiger partial charge in [0.1, 0.15) is 23.8 Å². The number of amides is 2. The number of aromatic nitrogens is 3. The Morgan fingerprint density at radius 1 is 1.21 bits per heavy atom. The second kappa shape index (κ2) is 10.2. The highest BCUT2D eigenvalue weighted by Crippen LogP contribution is 2.32. The third kappa shape index (κ3) is 4.76. The summed E-state index contributed by atoms with van der Waals surface area (Å²) >= 11 is 0. The lowest BCUT2D eigenvalue weighted by Gasteiger charge is -2.20. The van der Waals surface area contributed by atoms with Gasteiger partial charge in [-0.3, -0.25) is 14.4 Å². The van der Waals surface area contributed by atoms with Crippen LogP contribution >= 0.6 is 0 Å². The average Bonchev–Trinajstić information content (AvgIpc) is 3.63. The molecule has 4 heterocycles. The Bertz CT molecular complexity index is 1440. The molecule has 12 nitrogen and oxygen atoms in total. The van der Waals surface area contributed by atoms with E-state index in [1.165, 1.54) is 7.11 Å². The Labute approximate surface area is 224 Å². The van der Waals surface area contributed by atoms with Crippen LogP contribution in [0.3, 0.4) is 0 Å². The third-order valence-electron chi connectivity index (χ3n) is 7.36. The van der Waals surface area contributed by atoms with Gasteiger partial charge in [-0.25, -0.2) is 4.68 Å². The number of fused-ring (bicyclic) bond motifs is 6. The van der Waals surface area contributed by atoms with E-state index in [9.17, 15) is 14.4 Å². The molecule has 3 aliphatic rings. The number of carbonyl (C=O) groups is 3. The van der Waals surface area contributed by atoms with Gasteiger partial charge < -0.3 is 28.8 Å². The Hall–Kier alpha value is -4.19. The number of methoxy groups -OCH3 is 1. The molecule has 1 aromatic carbocycles. The fourth-order valence-corrected chi connectivity index (χ4v) is 5.41. The summed E-state index contributed by atoms with van der Waals surface area (Å²) in [5.41, 5.74) is 1.70. The number of ketones is 1. The fourth-order valence-electron chi connectivity index (χ4n) is 5.41. The van der Waals surface area contributed by atoms with Crippen molar-refractivity contribution in [2.45, 2.75) is 51.5 Å². The number of rotatable bonds is 2. The summed E-state index contributed by atoms with van der Waals surface area (Å²) < 4.78 is 24.9. The van der Waals surface area contributed by atoms with Crippen molar-refractivity contribution < 1.29 is 33.0 Å². The van der Waals surface area contributed by atoms with Crippen LogP contribution in [0.2, 0.25) is 0 Å². The van der Waals surface area contributed by atoms with E-state index in [0.717, 1.165) is 0 Å². The number of benzene rings is 1. The monoisotopic (exact) mass is 535 g/mol. The zero-order chi connectivity index (χ0) is 27.1. The molecule has 6 rings (SSSR count). The van der Waals surface area contributed by atoms with Crippen molar-refractivity contribution in [3.63, 3.8) is 0 Å². The molecule has 2 aliphatic heterocycles. The van der Waals surface area contributed by atoms with Crippen LogP contribution in [0.4, 0.5) is 0 Å². The molecule has 1 fully saturated rings. The number of carbonyl (C=O) groups excluding carboxylic acids is 3. The van der Waals surface area contributed by atoms with Gasteiger partial charge in [-0.15, -0.1) is 5.10 Å². The summed E-state index contributed by atoms with van der Waals surface area (Å²) in [5, 5.41) is 11.3. The van der Waals surface area contributed by atoms with E-state index in [2.05, 4.69) is 15.6 Å². The van der Waals surface area contributed by atoms with E-state index >= 15 is 0 Å². The van der Waals surface area contributed by atoms with Crippen molar-refractivity contribution in [3.05, 3.63) is 58.3 Å². The molecule has 0 unspecified atom stereocenters. The molecule has 1 aliphatic carbocycles. The van der Waals surface area contributed by atoms with Crippen molar-refractivity contribution in [1.29, 1.82) is 0 Å². The maximum Gasteiger partial charge on any atom is 0.258 e. The molecule has 1 saturated heterocycles. The smallest absolute Gasteiger partial charge is 0.258 e. The molecule has 2 amide bonds. The first-order valence-corrected chi connectivity index (χ1v) is 13.0. The molecule has 12 heteroatoms. The molecule has 2 aromatic heterocycles. The van der Waals surface area contributed by atoms with E-state index in [1.54, 1.807) is 40.9 Å². The molecule has 0 radical (unpaired) electrons. The summed E-state index contributed by atoms with van der Waals surface area (Å²) in [5.74, 6) is 1.23. The largest absolute Gasteiger partial charge is 0.493 e. The highest BCUT2D eigenvalue weighted by atomic mass is 16.5. The second-order valence-corrected chi connectivity index (χ2v) is 9.93. The predicted octanol–water partition coefficient (Wildman–Crippen LogP) is 1.94. The Morgan fingerprint density at radius 3 is 2.92 bits per heavy atom. The maximum atomic E-state index is 13.7. The van der Waals surface area contributed by atoms with Gasteiger partial charge in [0.15, 0.2) is 17.3 Å². The number of ether oxygens (including phenoxy) is 3. The van der Waals surface area contributed by atoms with Gasteiger partial charge in [-0.05, 0) is 31.5 Å². The molecule has 2 atom stereocenters. The molecule has 4 bridgehead atoms. The zero-order valence-electron chi connectivity index (χ0n) is 21.8. The molecule has 204 valence electrons. The molecular formula is C27H29N5O7. The summed E-state index contributed by atoms with van der Waals surface area (Å²) in [6.07, 6.45) is 3.00. The fraction of sp³-hybridized carbons (Fsp3) is 0.444. The number of nitrogens with zero attached hydrogens (tertiary/aromatic N) is 4. The van der Waals surface area contributed by atoms with Crippen molar-refractivity contribution in [2.24, 2.45) is 0 Å². The quantitative estimate of drug-likeness (QED) is 0.522. The van der Waals surface area contributed by atoms with Crippen LogP contribution in [0.15, 0.2) is 28.8 Å². The number of nitrogens with one attached hydrogen (secondary N) is 1. The van der Waals surface area contributed by atoms with Gasteiger partial charge in [0, 0.05) is 31.5 Å². The Balaban J connectivity index is 1.30. The third-order valence-corrected chi connectivity index (χ3v) is 7.36. The van der Waals surface area contributed by atoms with Crippen LogP contribution in [0.1, 0.15) is 61.1 Å². The maximum absolute atomic E-state index is 13.7. The standard InChI is InChI=1S/C27H29N5O7/c1-15-24(25-19(33)4-3-5-21(25)39-15)27(35)31-12-18-23(13-31)38-14-17-11-32(30-29-17)8-9-37-22-10-16(26(34)28-18)6-7-20(22)36-2/h6-7,10-11,18,23H,3-5,8-9,12-14H2,1-2H3,(H,28,34)/t18-,23-/m0/s1. The lowest BCUT2D eigenvalue weighted by Crippen LogP contribution is -2.44. The first-order valence-electron chi connectivity index (χ1n) is 13.0. The van der Waals surface area contributed by atoms with Crippen LogP contribution in [-0.2, 0) is 24.3 Å². The van der Waals surface area contributed by atoms with E-state index in [4.69, 9.17) is 18.6 Å². The number of aryl methyl sites for hydroxylation is 2. The highest BCUT2D eigenvalue weighted by molar-refractivity contribution is 6.10. The minimum atomic E-state index is -0.513. The number of hydrogen-bond acceptors (Lipinski definition) is 9. The van der Waals surface area contributed by atoms with Crippen LogP contribution < -0.4 is 14.8 Å². The van der Waals surface area contributed by atoms with Crippen LogP contribution in [0.25, 0.3) is 0 Å². The van der Waals surface area contributed by atoms with E-state index in [0.29, 0.717) is 77.8 Å². The van der Waals surface area contributed by atoms with Gasteiger partial charge in [-0.2, -0.15) is 0 Å². The second-order valence-electron chi connectivity index (χ2n) is 9.93. The summed E-state index contributed by atoms with van der Waals surface area (Å²) in [6, 6.07) is 4.45. The molecular weight excluding hydrogens is 506 g/mol. The molecule has 39 heavy (non-hydrogen) atoms. The summed E-state index contributed by atoms with van der Waals surface area (Å²) in [6.45, 7) is 3.03. The zero-order valence-corrected chi connectivity index (χ0v) is 21.8. The van der Waals surface area contributed by atoms with Crippen molar-refractivity contribution in [1.82, 2.24) is 25.2 Å². The van der Waals surface area contributed by atoms with E-state index < -0.39 is 12.1 Å². The lowest BCUT2D eigenvalue weighted by atomic mass is 9.93. The van der Waals surface area contributed by atoms with Gasteiger partial charge in [0.2, 0.25) is 0 Å². The Morgan fingerprint density at radius 2 is 2.08 bits per heavy atom. The summed E-state index contributed by atoms with van der Waals surface area (Å²) in [4.78, 5) is 41.3. The predicted molar refractivity (Wildman–Crippen MR) is 135 cm³/mol. The minimum absolute atomic E-state index is 0.0737. The number of hydrogen-bond donors (Lipinski definition) is 1. The SMILES string of the molecule is COc1ccc2cc1OCCn1cc(nn1)CO[C@H]1CN(C(=O)c3c(C)oc4c3C(=O)CCC4)C[C@@H]1NC2=O. The van der Waals surface area contributed by atoms with Gasteiger partial charge in [0.25, 0.3) is 11.8 Å². The lowest BCUT2D eigenvalue weighted by molar-refractivity contribution is 0.0291. The van der Waals surface area contributed by atoms with Crippen LogP contribution in [0.5, 0.6) is 11.5 Å². The Kier molecular flexibility index (Phi) is 6.55. The topological polar surface area (TPSA) is 138 Å². The van der Waals surface area contributed by atoms with Crippen LogP contribution in [-0.4, -0.2) is 76.4 Å². The number of Topliss-reactive ketones (excluding diaryl/α,β-unsaturated/α-hetero) is 1. The van der Waals surface area contributed by atoms with Crippen molar-refractivity contribution in [2.75, 3.05) is 26.8 Å². The first-order chi connectivity index (χ1) is 18.9. The molecule has 0 spiro atoms. The molecule has 3 aromatic rings. The number of likely N-dealkylation sites (tertiary alicyclic amines) is 1. The normalized spacial score (nSPS) is 21.2. The molecule has 1 N–H and O–H groups in total. The minimum Gasteiger partial charge on any atom is -0.493 e. The summed E-state index contributed by atoms with van der Waals surface area (Å²) in [7, 11) is 1.53. The van der Waals surface area contributed by atoms with Crippen molar-refractivity contribution >= 4 is 17.6 Å². The van der Waals surface area contributed by atoms with Crippen LogP contribution in [0, 0.1) is 6.92 Å². The van der Waals surface area contributed by atoms with Gasteiger partial charge in [0.05, 0.1) is 49.7 Å². The van der Waals surface area contributed by atoms with E-state index in [-0.39, 0.29) is 37.3 Å². The molecule has 0 saturated carbocycles. The van der Waals surface area contributed by atoms with Gasteiger partial charge in [-0.1, -0.05) is 5.21 Å². The highest BCUT2D eigenvalue weighted by Gasteiger charge is 2.40. The van der Waals surface area contributed by atoms with E-state index in [1.807, 2.05) is 0 Å². The average molecular weight is 536 g/mol. The first kappa shape index (κ1) is 25.1. The van der Waals surface area contributed by atoms with Gasteiger partial charge >= 0.3 is 0 Å².